The molecule has 0 aromatic rings. The lowest BCUT2D eigenvalue weighted by Gasteiger charge is -2.54. The molecule has 4 aliphatic carbocycles. The van der Waals surface area contributed by atoms with Gasteiger partial charge >= 0.3 is 0 Å². The second-order valence-electron chi connectivity index (χ2n) is 12.3. The van der Waals surface area contributed by atoms with Gasteiger partial charge in [-0.15, -0.1) is 0 Å². The van der Waals surface area contributed by atoms with Crippen molar-refractivity contribution in [2.45, 2.75) is 78.1 Å². The number of Topliss-reactive ketones (excluding diaryl/α,β-unsaturated/α-hetero) is 1. The van der Waals surface area contributed by atoms with Gasteiger partial charge in [-0.25, -0.2) is 0 Å². The minimum atomic E-state index is -0.530. The molecule has 0 N–H and O–H groups in total. The molecule has 33 heavy (non-hydrogen) atoms. The fraction of sp³-hybridized carbons (Fsp3) is 0.750. The van der Waals surface area contributed by atoms with Crippen LogP contribution in [-0.2, 0) is 19.1 Å². The van der Waals surface area contributed by atoms with E-state index < -0.39 is 11.2 Å². The van der Waals surface area contributed by atoms with Crippen LogP contribution >= 0.6 is 0 Å². The van der Waals surface area contributed by atoms with Crippen molar-refractivity contribution in [1.82, 2.24) is 0 Å². The number of fused-ring (bicyclic) bond motifs is 7. The highest BCUT2D eigenvalue weighted by Crippen LogP contribution is 2.68. The number of rotatable bonds is 0. The first kappa shape index (κ1) is 21.7. The monoisotopic (exact) mass is 449 g/mol. The summed E-state index contributed by atoms with van der Waals surface area (Å²) in [6.45, 7) is 9.54. The van der Waals surface area contributed by atoms with Gasteiger partial charge in [-0.1, -0.05) is 39.3 Å². The van der Waals surface area contributed by atoms with Gasteiger partial charge in [0.15, 0.2) is 17.4 Å². The molecule has 0 aromatic heterocycles. The summed E-state index contributed by atoms with van der Waals surface area (Å²) in [7, 11) is 0. The number of nitrogens with zero attached hydrogens (tertiary/aromatic N) is 1. The fourth-order valence-electron chi connectivity index (χ4n) is 8.92. The van der Waals surface area contributed by atoms with Crippen LogP contribution in [0.4, 0.5) is 0 Å². The molecule has 5 heteroatoms. The van der Waals surface area contributed by atoms with E-state index in [0.29, 0.717) is 18.3 Å². The average Bonchev–Trinajstić information content (AvgIpc) is 3.23. The van der Waals surface area contributed by atoms with Gasteiger partial charge in [0.25, 0.3) is 0 Å². The third-order valence-corrected chi connectivity index (χ3v) is 10.8. The van der Waals surface area contributed by atoms with Gasteiger partial charge in [0, 0.05) is 35.5 Å². The first-order valence-corrected chi connectivity index (χ1v) is 12.9. The maximum atomic E-state index is 14.0. The predicted molar refractivity (Wildman–Crippen MR) is 122 cm³/mol. The molecular formula is C28H35NO4. The van der Waals surface area contributed by atoms with Gasteiger partial charge in [0.2, 0.25) is 0 Å². The molecule has 176 valence electrons. The smallest absolute Gasteiger partial charge is 0.173 e. The van der Waals surface area contributed by atoms with Crippen molar-refractivity contribution in [3.05, 3.63) is 23.3 Å². The van der Waals surface area contributed by atoms with E-state index in [2.05, 4.69) is 33.8 Å². The largest absolute Gasteiger partial charge is 0.349 e. The standard InChI is InChI=1S/C28H35NO4/c1-15-7-8-28(32-14-15)16(2)25-23(33-28)10-21-19-6-5-18-9-22(30)17(13-29)12-26(18,3)20(19)11-24(31)27(21,25)4/h11-12,15-16,18-19,21,23,25H,5-10,14H2,1-4H3. The first-order chi connectivity index (χ1) is 15.6. The zero-order chi connectivity index (χ0) is 23.3. The Kier molecular flexibility index (Phi) is 4.54. The quantitative estimate of drug-likeness (QED) is 0.532. The molecule has 10 unspecified atom stereocenters. The molecule has 4 fully saturated rings. The molecule has 5 nitrogen and oxygen atoms in total. The van der Waals surface area contributed by atoms with Crippen molar-refractivity contribution in [2.24, 2.45) is 46.3 Å². The van der Waals surface area contributed by atoms with Crippen LogP contribution in [-0.4, -0.2) is 30.1 Å². The summed E-state index contributed by atoms with van der Waals surface area (Å²) in [5, 5.41) is 9.53. The van der Waals surface area contributed by atoms with Crippen LogP contribution in [0.15, 0.2) is 23.3 Å². The number of ketones is 2. The summed E-state index contributed by atoms with van der Waals surface area (Å²) >= 11 is 0. The van der Waals surface area contributed by atoms with Crippen LogP contribution in [0.2, 0.25) is 0 Å². The molecule has 6 aliphatic rings. The summed E-state index contributed by atoms with van der Waals surface area (Å²) in [5.41, 5.74) is 0.606. The lowest BCUT2D eigenvalue weighted by Crippen LogP contribution is -2.53. The predicted octanol–water partition coefficient (Wildman–Crippen LogP) is 4.77. The minimum absolute atomic E-state index is 0.0456. The van der Waals surface area contributed by atoms with Gasteiger partial charge in [0.05, 0.1) is 18.3 Å². The number of hydrogen-bond acceptors (Lipinski definition) is 5. The van der Waals surface area contributed by atoms with Crippen molar-refractivity contribution in [3.8, 4) is 6.07 Å². The molecular weight excluding hydrogens is 414 g/mol. The van der Waals surface area contributed by atoms with E-state index in [1.165, 1.54) is 0 Å². The second-order valence-corrected chi connectivity index (χ2v) is 12.3. The normalized spacial score (nSPS) is 52.9. The number of ether oxygens (including phenoxy) is 2. The van der Waals surface area contributed by atoms with E-state index in [1.54, 1.807) is 0 Å². The molecule has 1 spiro atoms. The molecule has 2 saturated heterocycles. The van der Waals surface area contributed by atoms with E-state index in [1.807, 2.05) is 12.2 Å². The Labute approximate surface area is 196 Å². The molecule has 0 amide bonds. The van der Waals surface area contributed by atoms with Crippen LogP contribution in [0.3, 0.4) is 0 Å². The van der Waals surface area contributed by atoms with Crippen molar-refractivity contribution in [2.75, 3.05) is 6.61 Å². The molecule has 10 atom stereocenters. The maximum Gasteiger partial charge on any atom is 0.173 e. The number of carbonyl (C=O) groups is 2. The van der Waals surface area contributed by atoms with E-state index in [4.69, 9.17) is 9.47 Å². The van der Waals surface area contributed by atoms with E-state index in [9.17, 15) is 14.9 Å². The van der Waals surface area contributed by atoms with Gasteiger partial charge in [-0.05, 0) is 55.4 Å². The second kappa shape index (κ2) is 6.89. The van der Waals surface area contributed by atoms with Crippen molar-refractivity contribution in [3.63, 3.8) is 0 Å². The van der Waals surface area contributed by atoms with E-state index >= 15 is 0 Å². The van der Waals surface area contributed by atoms with Crippen molar-refractivity contribution >= 4 is 11.6 Å². The topological polar surface area (TPSA) is 76.4 Å². The Morgan fingerprint density at radius 3 is 2.64 bits per heavy atom. The SMILES string of the molecule is CC1CCC2(OC1)OC1CC3C4CCC5CC(=O)C(C#N)=CC5(C)C4=CC(=O)C3(C)C1C2C. The molecule has 2 aliphatic heterocycles. The number of nitriles is 1. The fourth-order valence-corrected chi connectivity index (χ4v) is 8.92. The minimum Gasteiger partial charge on any atom is -0.349 e. The molecule has 0 bridgehead atoms. The Morgan fingerprint density at radius 1 is 1.15 bits per heavy atom. The van der Waals surface area contributed by atoms with Crippen LogP contribution in [0, 0.1) is 57.7 Å². The highest BCUT2D eigenvalue weighted by molar-refractivity contribution is 6.01. The highest BCUT2D eigenvalue weighted by Gasteiger charge is 2.70. The van der Waals surface area contributed by atoms with E-state index in [0.717, 1.165) is 44.3 Å². The Balaban J connectivity index is 1.38. The Hall–Kier alpha value is -1.77. The zero-order valence-corrected chi connectivity index (χ0v) is 20.2. The molecule has 0 radical (unpaired) electrons. The average molecular weight is 450 g/mol. The van der Waals surface area contributed by atoms with Gasteiger partial charge in [-0.3, -0.25) is 9.59 Å². The Bertz CT molecular complexity index is 1030. The molecule has 2 heterocycles. The van der Waals surface area contributed by atoms with Gasteiger partial charge in [-0.2, -0.15) is 5.26 Å². The van der Waals surface area contributed by atoms with Gasteiger partial charge < -0.3 is 9.47 Å². The Morgan fingerprint density at radius 2 is 1.94 bits per heavy atom. The maximum absolute atomic E-state index is 14.0. The van der Waals surface area contributed by atoms with Crippen LogP contribution in [0.5, 0.6) is 0 Å². The summed E-state index contributed by atoms with van der Waals surface area (Å²) in [4.78, 5) is 26.4. The third-order valence-electron chi connectivity index (χ3n) is 10.8. The molecule has 0 aromatic carbocycles. The third kappa shape index (κ3) is 2.66. The summed E-state index contributed by atoms with van der Waals surface area (Å²) in [5.74, 6) is 1.29. The zero-order valence-electron chi connectivity index (χ0n) is 20.2. The number of hydrogen-bond donors (Lipinski definition) is 0. The van der Waals surface area contributed by atoms with E-state index in [-0.39, 0.29) is 52.3 Å². The highest BCUT2D eigenvalue weighted by atomic mass is 16.7. The van der Waals surface area contributed by atoms with Crippen LogP contribution < -0.4 is 0 Å². The lowest BCUT2D eigenvalue weighted by atomic mass is 9.49. The molecule has 2 saturated carbocycles. The summed E-state index contributed by atoms with van der Waals surface area (Å²) < 4.78 is 13.1. The number of allylic oxidation sites excluding steroid dienone is 4. The number of carbonyl (C=O) groups excluding carboxylic acids is 2. The van der Waals surface area contributed by atoms with Crippen LogP contribution in [0.1, 0.15) is 66.2 Å². The summed E-state index contributed by atoms with van der Waals surface area (Å²) in [6.07, 6.45) is 9.19. The van der Waals surface area contributed by atoms with Crippen LogP contribution in [0.25, 0.3) is 0 Å². The van der Waals surface area contributed by atoms with Gasteiger partial charge in [0.1, 0.15) is 6.07 Å². The van der Waals surface area contributed by atoms with Crippen molar-refractivity contribution < 1.29 is 19.1 Å². The lowest BCUT2D eigenvalue weighted by molar-refractivity contribution is -0.271. The summed E-state index contributed by atoms with van der Waals surface area (Å²) in [6, 6.07) is 2.11. The first-order valence-electron chi connectivity index (χ1n) is 12.9. The van der Waals surface area contributed by atoms with Crippen molar-refractivity contribution in [1.29, 1.82) is 5.26 Å². The molecule has 6 rings (SSSR count).